The summed E-state index contributed by atoms with van der Waals surface area (Å²) in [5.41, 5.74) is 8.87. The highest BCUT2D eigenvalue weighted by atomic mass is 16.7. The van der Waals surface area contributed by atoms with Crippen LogP contribution in [0.15, 0.2) is 72.8 Å². The Kier molecular flexibility index (Phi) is 11.0. The molecule has 51 heavy (non-hydrogen) atoms. The Hall–Kier alpha value is -4.89. The van der Waals surface area contributed by atoms with Crippen LogP contribution in [0.1, 0.15) is 107 Å². The highest BCUT2D eigenvalue weighted by molar-refractivity contribution is 6.03. The molecule has 1 aromatic heterocycles. The van der Waals surface area contributed by atoms with Gasteiger partial charge in [0.25, 0.3) is 11.8 Å². The summed E-state index contributed by atoms with van der Waals surface area (Å²) >= 11 is 0. The Morgan fingerprint density at radius 3 is 2.20 bits per heavy atom. The van der Waals surface area contributed by atoms with Gasteiger partial charge in [0.15, 0.2) is 0 Å². The molecule has 6 rings (SSSR count). The van der Waals surface area contributed by atoms with E-state index in [1.54, 1.807) is 4.90 Å². The van der Waals surface area contributed by atoms with Gasteiger partial charge in [-0.1, -0.05) is 81.3 Å². The van der Waals surface area contributed by atoms with E-state index in [1.807, 2.05) is 76.9 Å². The maximum atomic E-state index is 15.0. The maximum absolute atomic E-state index is 15.0. The number of carbonyl (C=O) groups is 3. The Bertz CT molecular complexity index is 1890. The average molecular weight is 690 g/mol. The van der Waals surface area contributed by atoms with Crippen LogP contribution in [0.2, 0.25) is 0 Å². The van der Waals surface area contributed by atoms with Crippen LogP contribution < -0.4 is 5.90 Å². The van der Waals surface area contributed by atoms with Crippen LogP contribution >= 0.6 is 0 Å². The zero-order valence-electron chi connectivity index (χ0n) is 30.7. The molecule has 0 saturated carbocycles. The molecule has 3 heterocycles. The summed E-state index contributed by atoms with van der Waals surface area (Å²) in [6, 6.07) is 23.6. The Labute approximate surface area is 301 Å². The lowest BCUT2D eigenvalue weighted by Crippen LogP contribution is -2.44. The van der Waals surface area contributed by atoms with Gasteiger partial charge < -0.3 is 19.2 Å². The first-order valence-corrected chi connectivity index (χ1v) is 18.4. The molecule has 0 bridgehead atoms. The van der Waals surface area contributed by atoms with Crippen molar-refractivity contribution >= 4 is 17.9 Å². The van der Waals surface area contributed by atoms with Gasteiger partial charge in [-0.3, -0.25) is 14.5 Å². The standard InChI is InChI=1S/C42H51N5O4/c1-6-8-20-45(21-9-7-2)40(48)34-26-38(44(5)29(34)4)36-24-32-19-22-46(42(50)51-43)39(30-15-11-10-12-16-30)35(32)25-37(36)41(49)47-27-33-18-14-13-17-31(33)23-28(47)3/h10-18,24-26,28,39H,6-9,19-23,27,43H2,1-5H3/t28-,39?/m1/s1. The zero-order valence-corrected chi connectivity index (χ0v) is 30.7. The van der Waals surface area contributed by atoms with Gasteiger partial charge in [0.1, 0.15) is 0 Å². The van der Waals surface area contributed by atoms with Gasteiger partial charge in [0, 0.05) is 61.8 Å². The van der Waals surface area contributed by atoms with E-state index in [9.17, 15) is 9.59 Å². The molecule has 4 aromatic rings. The molecule has 2 atom stereocenters. The minimum Gasteiger partial charge on any atom is -0.357 e. The van der Waals surface area contributed by atoms with Crippen LogP contribution in [0.3, 0.4) is 0 Å². The minimum absolute atomic E-state index is 0.0251. The third kappa shape index (κ3) is 7.04. The van der Waals surface area contributed by atoms with Crippen LogP contribution in [0.5, 0.6) is 0 Å². The molecule has 0 spiro atoms. The topological polar surface area (TPSA) is 101 Å². The van der Waals surface area contributed by atoms with Gasteiger partial charge in [-0.25, -0.2) is 4.79 Å². The van der Waals surface area contributed by atoms with Gasteiger partial charge in [-0.15, -0.1) is 0 Å². The lowest BCUT2D eigenvalue weighted by atomic mass is 9.84. The fourth-order valence-corrected chi connectivity index (χ4v) is 7.78. The van der Waals surface area contributed by atoms with Crippen LogP contribution in [-0.4, -0.2) is 62.9 Å². The normalized spacial score (nSPS) is 16.7. The van der Waals surface area contributed by atoms with E-state index in [0.717, 1.165) is 84.4 Å². The largest absolute Gasteiger partial charge is 0.429 e. The minimum atomic E-state index is -0.621. The lowest BCUT2D eigenvalue weighted by Gasteiger charge is -2.38. The number of fused-ring (bicyclic) bond motifs is 2. The molecule has 0 aliphatic carbocycles. The summed E-state index contributed by atoms with van der Waals surface area (Å²) in [7, 11) is 1.98. The number of unbranched alkanes of at least 4 members (excludes halogenated alkanes) is 2. The molecule has 268 valence electrons. The predicted octanol–water partition coefficient (Wildman–Crippen LogP) is 7.59. The number of nitrogens with two attached hydrogens (primary N) is 1. The fraction of sp³-hybridized carbons (Fsp3) is 0.405. The van der Waals surface area contributed by atoms with Crippen molar-refractivity contribution in [2.75, 3.05) is 19.6 Å². The van der Waals surface area contributed by atoms with Crippen molar-refractivity contribution in [1.82, 2.24) is 19.3 Å². The zero-order chi connectivity index (χ0) is 36.2. The van der Waals surface area contributed by atoms with Crippen molar-refractivity contribution < 1.29 is 19.2 Å². The van der Waals surface area contributed by atoms with E-state index in [0.29, 0.717) is 30.6 Å². The van der Waals surface area contributed by atoms with E-state index < -0.39 is 12.1 Å². The number of amides is 3. The molecule has 0 saturated heterocycles. The quantitative estimate of drug-likeness (QED) is 0.173. The molecule has 0 fully saturated rings. The summed E-state index contributed by atoms with van der Waals surface area (Å²) < 4.78 is 2.05. The summed E-state index contributed by atoms with van der Waals surface area (Å²) in [6.07, 6.45) is 4.62. The van der Waals surface area contributed by atoms with Gasteiger partial charge in [0.2, 0.25) is 0 Å². The molecule has 9 heteroatoms. The van der Waals surface area contributed by atoms with Crippen molar-refractivity contribution in [1.29, 1.82) is 0 Å². The van der Waals surface area contributed by atoms with Crippen LogP contribution in [0.25, 0.3) is 11.3 Å². The predicted molar refractivity (Wildman–Crippen MR) is 200 cm³/mol. The molecule has 3 amide bonds. The molecule has 1 unspecified atom stereocenters. The smallest absolute Gasteiger partial charge is 0.357 e. The second-order valence-corrected chi connectivity index (χ2v) is 14.1. The van der Waals surface area contributed by atoms with E-state index >= 15 is 4.79 Å². The number of hydrogen-bond donors (Lipinski definition) is 1. The maximum Gasteiger partial charge on any atom is 0.429 e. The van der Waals surface area contributed by atoms with Crippen LogP contribution in [0.4, 0.5) is 4.79 Å². The van der Waals surface area contributed by atoms with Crippen LogP contribution in [0, 0.1) is 6.92 Å². The highest BCUT2D eigenvalue weighted by Gasteiger charge is 2.37. The van der Waals surface area contributed by atoms with Gasteiger partial charge >= 0.3 is 6.09 Å². The summed E-state index contributed by atoms with van der Waals surface area (Å²) in [5.74, 6) is 5.39. The van der Waals surface area contributed by atoms with Gasteiger partial charge in [0.05, 0.1) is 11.6 Å². The summed E-state index contributed by atoms with van der Waals surface area (Å²) in [6.45, 7) is 10.7. The molecule has 2 aliphatic heterocycles. The molecular weight excluding hydrogens is 638 g/mol. The van der Waals surface area contributed by atoms with Crippen molar-refractivity contribution in [2.45, 2.75) is 84.8 Å². The Balaban J connectivity index is 1.52. The first-order chi connectivity index (χ1) is 24.7. The second kappa shape index (κ2) is 15.6. The van der Waals surface area contributed by atoms with E-state index in [-0.39, 0.29) is 17.9 Å². The van der Waals surface area contributed by atoms with E-state index in [1.165, 1.54) is 5.56 Å². The number of rotatable bonds is 10. The lowest BCUT2D eigenvalue weighted by molar-refractivity contribution is 0.0658. The first-order valence-electron chi connectivity index (χ1n) is 18.4. The first kappa shape index (κ1) is 35.9. The Morgan fingerprint density at radius 2 is 1.53 bits per heavy atom. The molecular formula is C42H51N5O4. The van der Waals surface area contributed by atoms with E-state index in [2.05, 4.69) is 45.0 Å². The van der Waals surface area contributed by atoms with Crippen LogP contribution in [-0.2, 0) is 31.3 Å². The molecule has 2 aliphatic rings. The van der Waals surface area contributed by atoms with Crippen molar-refractivity contribution in [2.24, 2.45) is 12.9 Å². The van der Waals surface area contributed by atoms with Gasteiger partial charge in [-0.2, -0.15) is 5.90 Å². The fourth-order valence-electron chi connectivity index (χ4n) is 7.78. The van der Waals surface area contributed by atoms with Gasteiger partial charge in [-0.05, 0) is 85.5 Å². The number of hydrogen-bond acceptors (Lipinski definition) is 5. The van der Waals surface area contributed by atoms with E-state index in [4.69, 9.17) is 10.7 Å². The molecule has 3 aromatic carbocycles. The second-order valence-electron chi connectivity index (χ2n) is 14.1. The summed E-state index contributed by atoms with van der Waals surface area (Å²) in [5, 5.41) is 0. The number of nitrogens with zero attached hydrogens (tertiary/aromatic N) is 4. The van der Waals surface area contributed by atoms with Crippen molar-refractivity contribution in [3.8, 4) is 11.3 Å². The molecule has 9 nitrogen and oxygen atoms in total. The summed E-state index contributed by atoms with van der Waals surface area (Å²) in [4.78, 5) is 52.6. The van der Waals surface area contributed by atoms with Crippen molar-refractivity contribution in [3.63, 3.8) is 0 Å². The number of benzene rings is 3. The Morgan fingerprint density at radius 1 is 0.863 bits per heavy atom. The third-order valence-electron chi connectivity index (χ3n) is 10.8. The molecule has 2 N–H and O–H groups in total. The number of carbonyl (C=O) groups excluding carboxylic acids is 3. The highest BCUT2D eigenvalue weighted by Crippen LogP contribution is 2.41. The van der Waals surface area contributed by atoms with Crippen molar-refractivity contribution in [3.05, 3.63) is 117 Å². The number of aromatic nitrogens is 1. The molecule has 0 radical (unpaired) electrons. The SMILES string of the molecule is CCCCN(CCCC)C(=O)c1cc(-c2cc3c(cc2C(=O)N2Cc4ccccc4C[C@H]2C)C(c2ccccc2)N(C(=O)ON)CC3)n(C)c1C. The third-order valence-corrected chi connectivity index (χ3v) is 10.8. The monoisotopic (exact) mass is 689 g/mol. The average Bonchev–Trinajstić information content (AvgIpc) is 3.45.